The van der Waals surface area contributed by atoms with Crippen LogP contribution in [0.15, 0.2) is 72.8 Å². The summed E-state index contributed by atoms with van der Waals surface area (Å²) >= 11 is 6.25. The van der Waals surface area contributed by atoms with Crippen LogP contribution in [0.4, 0.5) is 5.69 Å². The Kier molecular flexibility index (Phi) is 3.17. The quantitative estimate of drug-likeness (QED) is 0.514. The number of hydrogen-bond acceptors (Lipinski definition) is 1. The molecule has 1 heterocycles. The van der Waals surface area contributed by atoms with Gasteiger partial charge in [-0.25, -0.2) is 0 Å². The number of hydrogen-bond donors (Lipinski definition) is 1. The van der Waals surface area contributed by atoms with Crippen molar-refractivity contribution in [2.45, 2.75) is 18.4 Å². The van der Waals surface area contributed by atoms with E-state index in [9.17, 15) is 0 Å². The first kappa shape index (κ1) is 14.1. The summed E-state index contributed by atoms with van der Waals surface area (Å²) < 4.78 is 0. The lowest BCUT2D eigenvalue weighted by molar-refractivity contribution is 0.427. The van der Waals surface area contributed by atoms with Crippen molar-refractivity contribution >= 4 is 28.1 Å². The van der Waals surface area contributed by atoms with Crippen LogP contribution in [0.3, 0.4) is 0 Å². The molecule has 0 unspecified atom stereocenters. The molecule has 2 aliphatic rings. The zero-order valence-electron chi connectivity index (χ0n) is 13.2. The van der Waals surface area contributed by atoms with E-state index in [2.05, 4.69) is 72.1 Å². The highest BCUT2D eigenvalue weighted by atomic mass is 35.5. The molecule has 0 aromatic heterocycles. The molecular weight excluding hydrogens is 314 g/mol. The van der Waals surface area contributed by atoms with E-state index < -0.39 is 0 Å². The van der Waals surface area contributed by atoms with Gasteiger partial charge in [-0.2, -0.15) is 0 Å². The van der Waals surface area contributed by atoms with Gasteiger partial charge in [0.2, 0.25) is 0 Å². The van der Waals surface area contributed by atoms with Crippen LogP contribution >= 0.6 is 11.6 Å². The Bertz CT molecular complexity index is 954. The smallest absolute Gasteiger partial charge is 0.0560 e. The van der Waals surface area contributed by atoms with E-state index in [4.69, 9.17) is 11.6 Å². The van der Waals surface area contributed by atoms with Crippen molar-refractivity contribution in [3.63, 3.8) is 0 Å². The van der Waals surface area contributed by atoms with E-state index in [1.807, 2.05) is 6.07 Å². The van der Waals surface area contributed by atoms with Gasteiger partial charge in [0.25, 0.3) is 0 Å². The molecule has 0 saturated heterocycles. The van der Waals surface area contributed by atoms with Crippen LogP contribution in [-0.4, -0.2) is 0 Å². The average Bonchev–Trinajstić information content (AvgIpc) is 3.11. The molecule has 0 saturated carbocycles. The van der Waals surface area contributed by atoms with Crippen molar-refractivity contribution in [3.05, 3.63) is 89.0 Å². The van der Waals surface area contributed by atoms with Crippen LogP contribution in [0.2, 0.25) is 5.02 Å². The molecule has 5 rings (SSSR count). The lowest BCUT2D eigenvalue weighted by atomic mass is 9.76. The van der Waals surface area contributed by atoms with Crippen molar-refractivity contribution in [1.29, 1.82) is 0 Å². The maximum atomic E-state index is 6.25. The Morgan fingerprint density at radius 3 is 2.75 bits per heavy atom. The number of nitrogens with one attached hydrogen (secondary N) is 1. The van der Waals surface area contributed by atoms with E-state index in [0.29, 0.717) is 17.9 Å². The Hall–Kier alpha value is -2.25. The molecule has 1 nitrogen and oxygen atoms in total. The van der Waals surface area contributed by atoms with E-state index in [-0.39, 0.29) is 0 Å². The maximum Gasteiger partial charge on any atom is 0.0560 e. The van der Waals surface area contributed by atoms with Crippen LogP contribution in [0, 0.1) is 5.92 Å². The maximum absolute atomic E-state index is 6.25. The first-order valence-electron chi connectivity index (χ1n) is 8.51. The molecule has 0 spiro atoms. The molecule has 118 valence electrons. The molecule has 2 heteroatoms. The van der Waals surface area contributed by atoms with Gasteiger partial charge in [-0.1, -0.05) is 66.2 Å². The van der Waals surface area contributed by atoms with E-state index in [1.165, 1.54) is 27.6 Å². The highest BCUT2D eigenvalue weighted by Gasteiger charge is 2.38. The Labute approximate surface area is 147 Å². The van der Waals surface area contributed by atoms with Crippen molar-refractivity contribution in [1.82, 2.24) is 0 Å². The molecule has 3 aromatic carbocycles. The fourth-order valence-electron chi connectivity index (χ4n) is 4.39. The van der Waals surface area contributed by atoms with E-state index in [0.717, 1.165) is 11.4 Å². The summed E-state index contributed by atoms with van der Waals surface area (Å²) in [5, 5.41) is 7.28. The highest BCUT2D eigenvalue weighted by molar-refractivity contribution is 6.30. The van der Waals surface area contributed by atoms with Crippen LogP contribution in [0.5, 0.6) is 0 Å². The van der Waals surface area contributed by atoms with Crippen LogP contribution in [0.25, 0.3) is 10.8 Å². The van der Waals surface area contributed by atoms with Crippen LogP contribution in [0.1, 0.15) is 29.5 Å². The number of halogens is 1. The Morgan fingerprint density at radius 1 is 0.917 bits per heavy atom. The number of anilines is 1. The SMILES string of the molecule is Clc1ccc2c(c1)[C@@H]1C=CC[C@H]1[C@@H](c1cccc3ccccc13)N2. The van der Waals surface area contributed by atoms with Gasteiger partial charge >= 0.3 is 0 Å². The minimum absolute atomic E-state index is 0.324. The monoisotopic (exact) mass is 331 g/mol. The molecule has 3 atom stereocenters. The van der Waals surface area contributed by atoms with Gasteiger partial charge in [-0.05, 0) is 52.4 Å². The zero-order chi connectivity index (χ0) is 16.1. The van der Waals surface area contributed by atoms with Crippen molar-refractivity contribution in [2.75, 3.05) is 5.32 Å². The summed E-state index contributed by atoms with van der Waals surface area (Å²) in [4.78, 5) is 0. The molecule has 24 heavy (non-hydrogen) atoms. The largest absolute Gasteiger partial charge is 0.378 e. The second kappa shape index (κ2) is 5.39. The zero-order valence-corrected chi connectivity index (χ0v) is 14.0. The highest BCUT2D eigenvalue weighted by Crippen LogP contribution is 2.51. The van der Waals surface area contributed by atoms with Gasteiger partial charge in [0.05, 0.1) is 6.04 Å². The second-order valence-corrected chi connectivity index (χ2v) is 7.21. The van der Waals surface area contributed by atoms with E-state index >= 15 is 0 Å². The van der Waals surface area contributed by atoms with Gasteiger partial charge in [0.1, 0.15) is 0 Å². The van der Waals surface area contributed by atoms with Gasteiger partial charge < -0.3 is 5.32 Å². The molecule has 0 radical (unpaired) electrons. The number of fused-ring (bicyclic) bond motifs is 4. The molecule has 0 bridgehead atoms. The third-order valence-electron chi connectivity index (χ3n) is 5.48. The molecule has 0 fully saturated rings. The normalized spacial score (nSPS) is 24.5. The Morgan fingerprint density at radius 2 is 1.79 bits per heavy atom. The minimum Gasteiger partial charge on any atom is -0.378 e. The fraction of sp³-hybridized carbons (Fsp3) is 0.182. The fourth-order valence-corrected chi connectivity index (χ4v) is 4.58. The molecule has 0 amide bonds. The van der Waals surface area contributed by atoms with Crippen molar-refractivity contribution in [3.8, 4) is 0 Å². The molecule has 3 aromatic rings. The lowest BCUT2D eigenvalue weighted by Gasteiger charge is -2.38. The summed E-state index contributed by atoms with van der Waals surface area (Å²) in [6, 6.07) is 21.9. The van der Waals surface area contributed by atoms with Crippen LogP contribution < -0.4 is 5.32 Å². The number of allylic oxidation sites excluding steroid dienone is 2. The average molecular weight is 332 g/mol. The summed E-state index contributed by atoms with van der Waals surface area (Å²) in [6.07, 6.45) is 5.79. The predicted molar refractivity (Wildman–Crippen MR) is 102 cm³/mol. The summed E-state index contributed by atoms with van der Waals surface area (Å²) in [7, 11) is 0. The summed E-state index contributed by atoms with van der Waals surface area (Å²) in [6.45, 7) is 0. The third kappa shape index (κ3) is 2.08. The summed E-state index contributed by atoms with van der Waals surface area (Å²) in [5.74, 6) is 0.991. The number of rotatable bonds is 1. The summed E-state index contributed by atoms with van der Waals surface area (Å²) in [5.41, 5.74) is 3.94. The molecule has 1 aliphatic carbocycles. The van der Waals surface area contributed by atoms with E-state index in [1.54, 1.807) is 0 Å². The van der Waals surface area contributed by atoms with Gasteiger partial charge in [0.15, 0.2) is 0 Å². The van der Waals surface area contributed by atoms with Gasteiger partial charge in [-0.15, -0.1) is 0 Å². The van der Waals surface area contributed by atoms with Gasteiger partial charge in [0, 0.05) is 16.6 Å². The molecule has 1 N–H and O–H groups in total. The van der Waals surface area contributed by atoms with Crippen molar-refractivity contribution in [2.24, 2.45) is 5.92 Å². The predicted octanol–water partition coefficient (Wildman–Crippen LogP) is 6.32. The first-order chi connectivity index (χ1) is 11.8. The topological polar surface area (TPSA) is 12.0 Å². The lowest BCUT2D eigenvalue weighted by Crippen LogP contribution is -2.29. The molecule has 1 aliphatic heterocycles. The standard InChI is InChI=1S/C22H18ClN/c23-15-11-12-21-20(13-15)17-8-4-10-19(17)22(24-21)18-9-3-6-14-5-1-2-7-16(14)18/h1-9,11-13,17,19,22,24H,10H2/t17-,19-,22-/m1/s1. The Balaban J connectivity index is 1.68. The third-order valence-corrected chi connectivity index (χ3v) is 5.72. The second-order valence-electron chi connectivity index (χ2n) is 6.78. The van der Waals surface area contributed by atoms with Crippen molar-refractivity contribution < 1.29 is 0 Å². The van der Waals surface area contributed by atoms with Gasteiger partial charge in [-0.3, -0.25) is 0 Å². The number of benzene rings is 3. The first-order valence-corrected chi connectivity index (χ1v) is 8.89. The van der Waals surface area contributed by atoms with Crippen LogP contribution in [-0.2, 0) is 0 Å². The molecular formula is C22H18ClN. The minimum atomic E-state index is 0.324.